The average molecular weight is 285 g/mol. The lowest BCUT2D eigenvalue weighted by molar-refractivity contribution is -0.125. The highest BCUT2D eigenvalue weighted by molar-refractivity contribution is 6.01. The molecular weight excluding hydrogens is 262 g/mol. The van der Waals surface area contributed by atoms with Crippen molar-refractivity contribution in [1.29, 1.82) is 0 Å². The normalized spacial score (nSPS) is 21.2. The van der Waals surface area contributed by atoms with Crippen LogP contribution in [0.1, 0.15) is 39.2 Å². The highest BCUT2D eigenvalue weighted by Gasteiger charge is 2.36. The number of allylic oxidation sites excluding steroid dienone is 1. The smallest absolute Gasteiger partial charge is 0.182 e. The van der Waals surface area contributed by atoms with Crippen molar-refractivity contribution in [2.75, 3.05) is 13.1 Å². The first-order valence-electron chi connectivity index (χ1n) is 7.72. The van der Waals surface area contributed by atoms with Gasteiger partial charge >= 0.3 is 0 Å². The Morgan fingerprint density at radius 1 is 1.14 bits per heavy atom. The van der Waals surface area contributed by atoms with Gasteiger partial charge in [0.25, 0.3) is 0 Å². The number of hydrogen-bond donors (Lipinski definition) is 0. The number of ether oxygens (including phenoxy) is 1. The molecule has 0 saturated carbocycles. The predicted octanol–water partition coefficient (Wildman–Crippen LogP) is 3.50. The van der Waals surface area contributed by atoms with Crippen LogP contribution < -0.4 is 4.74 Å². The molecule has 3 aliphatic rings. The highest BCUT2D eigenvalue weighted by Crippen LogP contribution is 2.32. The molecule has 0 spiro atoms. The van der Waals surface area contributed by atoms with Crippen molar-refractivity contribution in [2.45, 2.75) is 39.2 Å². The van der Waals surface area contributed by atoms with Crippen LogP contribution in [0, 0.1) is 5.92 Å². The number of piperidine rings is 3. The van der Waals surface area contributed by atoms with Gasteiger partial charge in [-0.15, -0.1) is 0 Å². The molecule has 1 aromatic rings. The van der Waals surface area contributed by atoms with Gasteiger partial charge in [-0.05, 0) is 57.4 Å². The van der Waals surface area contributed by atoms with Gasteiger partial charge in [0.15, 0.2) is 5.78 Å². The molecule has 0 amide bonds. The van der Waals surface area contributed by atoms with E-state index in [9.17, 15) is 4.79 Å². The summed E-state index contributed by atoms with van der Waals surface area (Å²) in [5, 5.41) is 0. The second kappa shape index (κ2) is 5.21. The van der Waals surface area contributed by atoms with E-state index in [4.69, 9.17) is 4.74 Å². The molecule has 0 aromatic heterocycles. The summed E-state index contributed by atoms with van der Waals surface area (Å²) in [7, 11) is 0. The summed E-state index contributed by atoms with van der Waals surface area (Å²) in [6.07, 6.45) is 4.07. The van der Waals surface area contributed by atoms with E-state index in [2.05, 4.69) is 4.90 Å². The van der Waals surface area contributed by atoms with Crippen LogP contribution in [0.3, 0.4) is 0 Å². The zero-order valence-electron chi connectivity index (χ0n) is 13.1. The van der Waals surface area contributed by atoms with E-state index in [1.165, 1.54) is 0 Å². The van der Waals surface area contributed by atoms with E-state index in [1.54, 1.807) is 0 Å². The maximum Gasteiger partial charge on any atom is 0.182 e. The van der Waals surface area contributed by atoms with E-state index in [0.717, 1.165) is 42.9 Å². The Hall–Kier alpha value is -1.77. The molecule has 4 rings (SSSR count). The van der Waals surface area contributed by atoms with Crippen molar-refractivity contribution in [3.63, 3.8) is 0 Å². The third-order valence-corrected chi connectivity index (χ3v) is 4.07. The number of ketones is 1. The fraction of sp³-hybridized carbons (Fsp3) is 0.500. The molecular formula is C18H23NO2. The first-order valence-corrected chi connectivity index (χ1v) is 7.72. The lowest BCUT2D eigenvalue weighted by atomic mass is 9.84. The van der Waals surface area contributed by atoms with Gasteiger partial charge in [-0.3, -0.25) is 4.79 Å². The van der Waals surface area contributed by atoms with Crippen LogP contribution in [-0.4, -0.2) is 29.4 Å². The minimum absolute atomic E-state index is 0.190. The largest absolute Gasteiger partial charge is 0.488 e. The third kappa shape index (κ3) is 3.12. The van der Waals surface area contributed by atoms with Crippen molar-refractivity contribution in [3.05, 3.63) is 35.5 Å². The zero-order chi connectivity index (χ0) is 15.0. The number of rotatable bonds is 2. The molecule has 0 atom stereocenters. The molecule has 3 fully saturated rings. The molecule has 0 radical (unpaired) electrons. The molecule has 3 saturated heterocycles. The Morgan fingerprint density at radius 3 is 2.29 bits per heavy atom. The Bertz CT molecular complexity index is 558. The summed E-state index contributed by atoms with van der Waals surface area (Å²) in [6, 6.07) is 7.98. The topological polar surface area (TPSA) is 29.5 Å². The predicted molar refractivity (Wildman–Crippen MR) is 84.1 cm³/mol. The zero-order valence-corrected chi connectivity index (χ0v) is 13.1. The Morgan fingerprint density at radius 2 is 1.76 bits per heavy atom. The summed E-state index contributed by atoms with van der Waals surface area (Å²) < 4.78 is 5.82. The second-order valence-corrected chi connectivity index (χ2v) is 6.94. The van der Waals surface area contributed by atoms with Gasteiger partial charge in [-0.2, -0.15) is 0 Å². The average Bonchev–Trinajstić information content (AvgIpc) is 2.43. The fourth-order valence-electron chi connectivity index (χ4n) is 3.05. The third-order valence-electron chi connectivity index (χ3n) is 4.07. The number of hydrogen-bond acceptors (Lipinski definition) is 3. The SMILES string of the molecule is CC(C)(C)Oc1ccc(/C=C2/C(=O)C3CCN2CC3)cc1. The van der Waals surface area contributed by atoms with E-state index in [1.807, 2.05) is 51.1 Å². The van der Waals surface area contributed by atoms with Gasteiger partial charge in [0.05, 0.1) is 5.70 Å². The van der Waals surface area contributed by atoms with Gasteiger partial charge in [0, 0.05) is 19.0 Å². The molecule has 0 unspecified atom stereocenters. The number of fused-ring (bicyclic) bond motifs is 3. The molecule has 3 nitrogen and oxygen atoms in total. The van der Waals surface area contributed by atoms with E-state index in [0.29, 0.717) is 5.78 Å². The van der Waals surface area contributed by atoms with Crippen LogP contribution in [0.15, 0.2) is 30.0 Å². The molecule has 112 valence electrons. The van der Waals surface area contributed by atoms with Crippen LogP contribution in [0.25, 0.3) is 6.08 Å². The van der Waals surface area contributed by atoms with Crippen molar-refractivity contribution in [2.24, 2.45) is 5.92 Å². The van der Waals surface area contributed by atoms with Gasteiger partial charge in [-0.1, -0.05) is 12.1 Å². The van der Waals surface area contributed by atoms with Gasteiger partial charge in [0.1, 0.15) is 11.4 Å². The van der Waals surface area contributed by atoms with E-state index < -0.39 is 0 Å². The molecule has 0 aliphatic carbocycles. The van der Waals surface area contributed by atoms with Crippen molar-refractivity contribution in [1.82, 2.24) is 4.90 Å². The number of Topliss-reactive ketones (excluding diaryl/α,β-unsaturated/α-hetero) is 1. The number of benzene rings is 1. The first-order chi connectivity index (χ1) is 9.92. The lowest BCUT2D eigenvalue weighted by Crippen LogP contribution is -2.45. The quantitative estimate of drug-likeness (QED) is 0.779. The van der Waals surface area contributed by atoms with Gasteiger partial charge < -0.3 is 9.64 Å². The van der Waals surface area contributed by atoms with Crippen molar-refractivity contribution >= 4 is 11.9 Å². The Balaban J connectivity index is 1.78. The number of nitrogens with zero attached hydrogens (tertiary/aromatic N) is 1. The Labute approximate surface area is 126 Å². The molecule has 3 heterocycles. The van der Waals surface area contributed by atoms with Crippen LogP contribution >= 0.6 is 0 Å². The van der Waals surface area contributed by atoms with E-state index in [-0.39, 0.29) is 11.5 Å². The standard InChI is InChI=1S/C18H23NO2/c1-18(2,3)21-15-6-4-13(5-7-15)12-16-17(20)14-8-10-19(16)11-9-14/h4-7,12,14H,8-11H2,1-3H3/b16-12-. The summed E-state index contributed by atoms with van der Waals surface area (Å²) >= 11 is 0. The molecule has 3 heteroatoms. The fourth-order valence-corrected chi connectivity index (χ4v) is 3.05. The van der Waals surface area contributed by atoms with Crippen LogP contribution in [-0.2, 0) is 4.79 Å². The van der Waals surface area contributed by atoms with Crippen LogP contribution in [0.2, 0.25) is 0 Å². The van der Waals surface area contributed by atoms with Crippen LogP contribution in [0.5, 0.6) is 5.75 Å². The van der Waals surface area contributed by atoms with Crippen molar-refractivity contribution < 1.29 is 9.53 Å². The minimum Gasteiger partial charge on any atom is -0.488 e. The molecule has 21 heavy (non-hydrogen) atoms. The summed E-state index contributed by atoms with van der Waals surface area (Å²) in [5.74, 6) is 1.44. The second-order valence-electron chi connectivity index (χ2n) is 6.94. The van der Waals surface area contributed by atoms with Gasteiger partial charge in [0.2, 0.25) is 0 Å². The molecule has 1 aromatic carbocycles. The summed E-state index contributed by atoms with van der Waals surface area (Å²) in [5.41, 5.74) is 1.76. The van der Waals surface area contributed by atoms with Gasteiger partial charge in [-0.25, -0.2) is 0 Å². The highest BCUT2D eigenvalue weighted by atomic mass is 16.5. The molecule has 2 bridgehead atoms. The summed E-state index contributed by atoms with van der Waals surface area (Å²) in [4.78, 5) is 14.5. The number of carbonyl (C=O) groups is 1. The number of carbonyl (C=O) groups excluding carboxylic acids is 1. The monoisotopic (exact) mass is 285 g/mol. The Kier molecular flexibility index (Phi) is 3.52. The lowest BCUT2D eigenvalue weighted by Gasteiger charge is -2.41. The van der Waals surface area contributed by atoms with E-state index >= 15 is 0 Å². The first kappa shape index (κ1) is 14.2. The minimum atomic E-state index is -0.190. The molecule has 3 aliphatic heterocycles. The maximum absolute atomic E-state index is 12.3. The molecule has 0 N–H and O–H groups in total. The maximum atomic E-state index is 12.3. The van der Waals surface area contributed by atoms with Crippen molar-refractivity contribution in [3.8, 4) is 5.75 Å². The summed E-state index contributed by atoms with van der Waals surface area (Å²) in [6.45, 7) is 8.15. The van der Waals surface area contributed by atoms with Crippen LogP contribution in [0.4, 0.5) is 0 Å².